The van der Waals surface area contributed by atoms with E-state index in [9.17, 15) is 4.79 Å². The number of hydrogen-bond donors (Lipinski definition) is 0. The Morgan fingerprint density at radius 1 is 1.12 bits per heavy atom. The van der Waals surface area contributed by atoms with Crippen LogP contribution in [0.5, 0.6) is 0 Å². The number of carbonyl (C=O) groups excluding carboxylic acids is 1. The van der Waals surface area contributed by atoms with Crippen LogP contribution in [0.15, 0.2) is 39.2 Å². The van der Waals surface area contributed by atoms with E-state index in [4.69, 9.17) is 9.15 Å². The first-order valence-electron chi connectivity index (χ1n) is 7.74. The lowest BCUT2D eigenvalue weighted by molar-refractivity contribution is 0.0525. The van der Waals surface area contributed by atoms with Crippen molar-refractivity contribution in [2.75, 3.05) is 6.61 Å². The van der Waals surface area contributed by atoms with Gasteiger partial charge >= 0.3 is 5.97 Å². The summed E-state index contributed by atoms with van der Waals surface area (Å²) in [5, 5.41) is 8.19. The highest BCUT2D eigenvalue weighted by Gasteiger charge is 2.19. The number of ether oxygens (including phenoxy) is 1. The van der Waals surface area contributed by atoms with Gasteiger partial charge in [-0.3, -0.25) is 4.98 Å². The van der Waals surface area contributed by atoms with Crippen LogP contribution in [0.1, 0.15) is 28.7 Å². The summed E-state index contributed by atoms with van der Waals surface area (Å²) in [7, 11) is 0. The van der Waals surface area contributed by atoms with E-state index in [1.54, 1.807) is 19.9 Å². The van der Waals surface area contributed by atoms with Crippen molar-refractivity contribution >= 4 is 21.9 Å². The molecular formula is C18H16BrN3O3. The second-order valence-electron chi connectivity index (χ2n) is 5.39. The summed E-state index contributed by atoms with van der Waals surface area (Å²) in [6.07, 6.45) is 0. The summed E-state index contributed by atoms with van der Waals surface area (Å²) in [6, 6.07) is 9.25. The summed E-state index contributed by atoms with van der Waals surface area (Å²) in [4.78, 5) is 16.5. The zero-order valence-corrected chi connectivity index (χ0v) is 15.6. The average molecular weight is 402 g/mol. The highest BCUT2D eigenvalue weighted by atomic mass is 79.9. The van der Waals surface area contributed by atoms with Crippen LogP contribution in [0.25, 0.3) is 22.9 Å². The van der Waals surface area contributed by atoms with Crippen molar-refractivity contribution in [3.8, 4) is 22.9 Å². The highest BCUT2D eigenvalue weighted by Crippen LogP contribution is 2.28. The first-order valence-corrected chi connectivity index (χ1v) is 8.54. The molecule has 0 N–H and O–H groups in total. The van der Waals surface area contributed by atoms with Crippen molar-refractivity contribution in [2.45, 2.75) is 20.8 Å². The van der Waals surface area contributed by atoms with Crippen LogP contribution in [-0.2, 0) is 4.74 Å². The SMILES string of the molecule is CCOC(=O)c1cc(-c2nnc(-c3ccc(Br)cc3)o2)c(C)nc1C. The van der Waals surface area contributed by atoms with E-state index in [0.29, 0.717) is 40.9 Å². The van der Waals surface area contributed by atoms with E-state index in [2.05, 4.69) is 31.1 Å². The van der Waals surface area contributed by atoms with Gasteiger partial charge in [-0.05, 0) is 51.1 Å². The van der Waals surface area contributed by atoms with Crippen molar-refractivity contribution in [1.29, 1.82) is 0 Å². The van der Waals surface area contributed by atoms with Crippen LogP contribution in [0.3, 0.4) is 0 Å². The third kappa shape index (κ3) is 3.61. The van der Waals surface area contributed by atoms with Crippen LogP contribution < -0.4 is 0 Å². The Labute approximate surface area is 153 Å². The summed E-state index contributed by atoms with van der Waals surface area (Å²) >= 11 is 3.39. The molecule has 0 aliphatic carbocycles. The van der Waals surface area contributed by atoms with Gasteiger partial charge in [0.15, 0.2) is 0 Å². The van der Waals surface area contributed by atoms with Crippen molar-refractivity contribution < 1.29 is 13.9 Å². The van der Waals surface area contributed by atoms with Gasteiger partial charge < -0.3 is 9.15 Å². The Hall–Kier alpha value is -2.54. The molecule has 0 amide bonds. The minimum absolute atomic E-state index is 0.301. The molecule has 0 spiro atoms. The van der Waals surface area contributed by atoms with E-state index < -0.39 is 5.97 Å². The van der Waals surface area contributed by atoms with Crippen LogP contribution >= 0.6 is 15.9 Å². The zero-order chi connectivity index (χ0) is 18.0. The summed E-state index contributed by atoms with van der Waals surface area (Å²) in [5.41, 5.74) is 3.13. The summed E-state index contributed by atoms with van der Waals surface area (Å²) < 4.78 is 11.8. The smallest absolute Gasteiger partial charge is 0.339 e. The average Bonchev–Trinajstić information content (AvgIpc) is 3.05. The van der Waals surface area contributed by atoms with Gasteiger partial charge in [-0.2, -0.15) is 0 Å². The molecule has 0 atom stereocenters. The zero-order valence-electron chi connectivity index (χ0n) is 14.0. The molecule has 3 aromatic rings. The van der Waals surface area contributed by atoms with E-state index in [1.807, 2.05) is 31.2 Å². The molecule has 0 aliphatic rings. The van der Waals surface area contributed by atoms with E-state index in [1.165, 1.54) is 0 Å². The third-order valence-electron chi connectivity index (χ3n) is 3.65. The number of aromatic nitrogens is 3. The van der Waals surface area contributed by atoms with E-state index in [-0.39, 0.29) is 0 Å². The summed E-state index contributed by atoms with van der Waals surface area (Å²) in [5.74, 6) is 0.301. The maximum Gasteiger partial charge on any atom is 0.339 e. The minimum atomic E-state index is -0.415. The van der Waals surface area contributed by atoms with Crippen molar-refractivity contribution in [1.82, 2.24) is 15.2 Å². The number of carbonyl (C=O) groups is 1. The van der Waals surface area contributed by atoms with Crippen molar-refractivity contribution in [2.24, 2.45) is 0 Å². The quantitative estimate of drug-likeness (QED) is 0.604. The monoisotopic (exact) mass is 401 g/mol. The predicted octanol–water partition coefficient (Wildman–Crippen LogP) is 4.35. The molecule has 0 fully saturated rings. The predicted molar refractivity (Wildman–Crippen MR) is 96.1 cm³/mol. The van der Waals surface area contributed by atoms with Crippen molar-refractivity contribution in [3.05, 3.63) is 51.8 Å². The molecule has 0 saturated carbocycles. The van der Waals surface area contributed by atoms with Gasteiger partial charge in [-0.1, -0.05) is 15.9 Å². The fraction of sp³-hybridized carbons (Fsp3) is 0.222. The lowest BCUT2D eigenvalue weighted by Crippen LogP contribution is -2.09. The van der Waals surface area contributed by atoms with Gasteiger partial charge in [0.05, 0.1) is 29.1 Å². The van der Waals surface area contributed by atoms with Crippen LogP contribution in [0.2, 0.25) is 0 Å². The fourth-order valence-electron chi connectivity index (χ4n) is 2.40. The molecule has 7 heteroatoms. The first-order chi connectivity index (χ1) is 12.0. The standard InChI is InChI=1S/C18H16BrN3O3/c1-4-24-18(23)15-9-14(10(2)20-11(15)3)17-22-21-16(25-17)12-5-7-13(19)8-6-12/h5-9H,4H2,1-3H3. The van der Waals surface area contributed by atoms with Crippen LogP contribution in [-0.4, -0.2) is 27.8 Å². The number of esters is 1. The molecule has 128 valence electrons. The lowest BCUT2D eigenvalue weighted by atomic mass is 10.1. The Kier molecular flexibility index (Phi) is 4.94. The lowest BCUT2D eigenvalue weighted by Gasteiger charge is -2.08. The Balaban J connectivity index is 2.00. The topological polar surface area (TPSA) is 78.1 Å². The number of hydrogen-bond acceptors (Lipinski definition) is 6. The van der Waals surface area contributed by atoms with Gasteiger partial charge in [0.25, 0.3) is 0 Å². The normalized spacial score (nSPS) is 10.7. The number of nitrogens with zero attached hydrogens (tertiary/aromatic N) is 3. The van der Waals surface area contributed by atoms with Gasteiger partial charge in [0, 0.05) is 10.0 Å². The molecular weight excluding hydrogens is 386 g/mol. The van der Waals surface area contributed by atoms with E-state index >= 15 is 0 Å². The molecule has 0 aliphatic heterocycles. The maximum absolute atomic E-state index is 12.1. The molecule has 0 saturated heterocycles. The molecule has 25 heavy (non-hydrogen) atoms. The van der Waals surface area contributed by atoms with Crippen LogP contribution in [0, 0.1) is 13.8 Å². The number of aryl methyl sites for hydroxylation is 2. The summed E-state index contributed by atoms with van der Waals surface area (Å²) in [6.45, 7) is 5.67. The molecule has 2 heterocycles. The highest BCUT2D eigenvalue weighted by molar-refractivity contribution is 9.10. The van der Waals surface area contributed by atoms with Gasteiger partial charge in [0.1, 0.15) is 0 Å². The Morgan fingerprint density at radius 2 is 1.80 bits per heavy atom. The largest absolute Gasteiger partial charge is 0.462 e. The molecule has 2 aromatic heterocycles. The van der Waals surface area contributed by atoms with Gasteiger partial charge in [-0.15, -0.1) is 10.2 Å². The molecule has 1 aromatic carbocycles. The minimum Gasteiger partial charge on any atom is -0.462 e. The van der Waals surface area contributed by atoms with E-state index in [0.717, 1.165) is 10.0 Å². The molecule has 0 radical (unpaired) electrons. The Bertz CT molecular complexity index is 920. The molecule has 0 bridgehead atoms. The maximum atomic E-state index is 12.1. The molecule has 3 rings (SSSR count). The fourth-order valence-corrected chi connectivity index (χ4v) is 2.66. The molecule has 6 nitrogen and oxygen atoms in total. The Morgan fingerprint density at radius 3 is 2.48 bits per heavy atom. The van der Waals surface area contributed by atoms with Crippen LogP contribution in [0.4, 0.5) is 0 Å². The second kappa shape index (κ2) is 7.14. The van der Waals surface area contributed by atoms with Crippen molar-refractivity contribution in [3.63, 3.8) is 0 Å². The second-order valence-corrected chi connectivity index (χ2v) is 6.31. The number of rotatable bonds is 4. The van der Waals surface area contributed by atoms with Gasteiger partial charge in [0.2, 0.25) is 11.8 Å². The van der Waals surface area contributed by atoms with Gasteiger partial charge in [-0.25, -0.2) is 4.79 Å². The first kappa shape index (κ1) is 17.3. The number of halogens is 1. The molecule has 0 unspecified atom stereocenters. The third-order valence-corrected chi connectivity index (χ3v) is 4.17. The number of benzene rings is 1. The number of pyridine rings is 1.